The van der Waals surface area contributed by atoms with Crippen molar-refractivity contribution in [3.8, 4) is 5.75 Å². The molecule has 0 aliphatic carbocycles. The summed E-state index contributed by atoms with van der Waals surface area (Å²) in [7, 11) is 0. The Balaban J connectivity index is 1.88. The highest BCUT2D eigenvalue weighted by Crippen LogP contribution is 2.14. The SMILES string of the molecule is Cc1cccc(CNC(=O)C(C)Oc2cccc(F)c2)c1. The van der Waals surface area contributed by atoms with Gasteiger partial charge in [-0.1, -0.05) is 35.9 Å². The molecule has 0 heterocycles. The largest absolute Gasteiger partial charge is 0.481 e. The summed E-state index contributed by atoms with van der Waals surface area (Å²) in [6.45, 7) is 4.08. The molecule has 2 aromatic carbocycles. The average Bonchev–Trinajstić information content (AvgIpc) is 2.45. The second-order valence-corrected chi connectivity index (χ2v) is 4.92. The molecule has 0 aliphatic rings. The number of hydrogen-bond acceptors (Lipinski definition) is 2. The summed E-state index contributed by atoms with van der Waals surface area (Å²) in [6, 6.07) is 13.7. The number of halogens is 1. The minimum absolute atomic E-state index is 0.235. The smallest absolute Gasteiger partial charge is 0.261 e. The Labute approximate surface area is 123 Å². The molecular formula is C17H18FNO2. The van der Waals surface area contributed by atoms with Crippen LogP contribution in [0.2, 0.25) is 0 Å². The summed E-state index contributed by atoms with van der Waals surface area (Å²) >= 11 is 0. The molecule has 2 aromatic rings. The van der Waals surface area contributed by atoms with Crippen molar-refractivity contribution in [3.05, 3.63) is 65.5 Å². The van der Waals surface area contributed by atoms with Gasteiger partial charge in [-0.15, -0.1) is 0 Å². The van der Waals surface area contributed by atoms with Crippen LogP contribution >= 0.6 is 0 Å². The van der Waals surface area contributed by atoms with Crippen LogP contribution < -0.4 is 10.1 Å². The lowest BCUT2D eigenvalue weighted by atomic mass is 10.1. The van der Waals surface area contributed by atoms with E-state index in [4.69, 9.17) is 4.74 Å². The molecule has 0 spiro atoms. The fraction of sp³-hybridized carbons (Fsp3) is 0.235. The molecule has 1 atom stereocenters. The van der Waals surface area contributed by atoms with E-state index in [0.717, 1.165) is 11.1 Å². The second-order valence-electron chi connectivity index (χ2n) is 4.92. The summed E-state index contributed by atoms with van der Waals surface area (Å²) in [6.07, 6.45) is -0.684. The van der Waals surface area contributed by atoms with Gasteiger partial charge in [0.25, 0.3) is 5.91 Å². The Kier molecular flexibility index (Phi) is 4.93. The lowest BCUT2D eigenvalue weighted by molar-refractivity contribution is -0.127. The second kappa shape index (κ2) is 6.88. The monoisotopic (exact) mass is 287 g/mol. The Bertz CT molecular complexity index is 628. The van der Waals surface area contributed by atoms with E-state index in [-0.39, 0.29) is 11.7 Å². The van der Waals surface area contributed by atoms with Crippen molar-refractivity contribution >= 4 is 5.91 Å². The third kappa shape index (κ3) is 4.60. The Hall–Kier alpha value is -2.36. The molecule has 0 bridgehead atoms. The van der Waals surface area contributed by atoms with Crippen LogP contribution in [0.1, 0.15) is 18.1 Å². The maximum atomic E-state index is 13.0. The van der Waals surface area contributed by atoms with E-state index in [1.54, 1.807) is 19.1 Å². The molecule has 21 heavy (non-hydrogen) atoms. The van der Waals surface area contributed by atoms with Crippen molar-refractivity contribution in [1.29, 1.82) is 0 Å². The van der Waals surface area contributed by atoms with E-state index in [9.17, 15) is 9.18 Å². The first-order valence-electron chi connectivity index (χ1n) is 6.80. The number of hydrogen-bond donors (Lipinski definition) is 1. The first-order chi connectivity index (χ1) is 10.0. The summed E-state index contributed by atoms with van der Waals surface area (Å²) in [5.41, 5.74) is 2.17. The topological polar surface area (TPSA) is 38.3 Å². The van der Waals surface area contributed by atoms with Gasteiger partial charge < -0.3 is 10.1 Å². The van der Waals surface area contributed by atoms with Crippen molar-refractivity contribution in [2.75, 3.05) is 0 Å². The van der Waals surface area contributed by atoms with Gasteiger partial charge in [0.2, 0.25) is 0 Å². The molecule has 110 valence electrons. The van der Waals surface area contributed by atoms with Crippen molar-refractivity contribution in [3.63, 3.8) is 0 Å². The molecule has 3 nitrogen and oxygen atoms in total. The minimum Gasteiger partial charge on any atom is -0.481 e. The molecule has 0 aromatic heterocycles. The zero-order valence-corrected chi connectivity index (χ0v) is 12.1. The van der Waals surface area contributed by atoms with E-state index in [1.165, 1.54) is 12.1 Å². The van der Waals surface area contributed by atoms with Gasteiger partial charge in [0.15, 0.2) is 6.10 Å². The first-order valence-corrected chi connectivity index (χ1v) is 6.80. The molecule has 1 amide bonds. The van der Waals surface area contributed by atoms with Crippen molar-refractivity contribution in [2.45, 2.75) is 26.5 Å². The quantitative estimate of drug-likeness (QED) is 0.917. The summed E-state index contributed by atoms with van der Waals surface area (Å²) in [5.74, 6) is -0.283. The predicted octanol–water partition coefficient (Wildman–Crippen LogP) is 3.22. The van der Waals surface area contributed by atoms with Crippen molar-refractivity contribution in [2.24, 2.45) is 0 Å². The lowest BCUT2D eigenvalue weighted by Crippen LogP contribution is -2.35. The van der Waals surface area contributed by atoms with Gasteiger partial charge >= 0.3 is 0 Å². The van der Waals surface area contributed by atoms with Gasteiger partial charge in [-0.2, -0.15) is 0 Å². The average molecular weight is 287 g/mol. The Morgan fingerprint density at radius 2 is 2.00 bits per heavy atom. The number of benzene rings is 2. The highest BCUT2D eigenvalue weighted by atomic mass is 19.1. The zero-order chi connectivity index (χ0) is 15.2. The third-order valence-corrected chi connectivity index (χ3v) is 3.03. The van der Waals surface area contributed by atoms with E-state index < -0.39 is 6.10 Å². The molecule has 0 radical (unpaired) electrons. The third-order valence-electron chi connectivity index (χ3n) is 3.03. The van der Waals surface area contributed by atoms with Crippen LogP contribution in [0.15, 0.2) is 48.5 Å². The van der Waals surface area contributed by atoms with Crippen LogP contribution in [0.4, 0.5) is 4.39 Å². The molecule has 2 rings (SSSR count). The van der Waals surface area contributed by atoms with Crippen LogP contribution in [-0.2, 0) is 11.3 Å². The first kappa shape index (κ1) is 15.0. The summed E-state index contributed by atoms with van der Waals surface area (Å²) in [5, 5.41) is 2.80. The van der Waals surface area contributed by atoms with Crippen molar-refractivity contribution in [1.82, 2.24) is 5.32 Å². The number of rotatable bonds is 5. The van der Waals surface area contributed by atoms with Gasteiger partial charge in [0.05, 0.1) is 0 Å². The standard InChI is InChI=1S/C17H18FNO2/c1-12-5-3-6-14(9-12)11-19-17(20)13(2)21-16-8-4-7-15(18)10-16/h3-10,13H,11H2,1-2H3,(H,19,20). The number of amides is 1. The van der Waals surface area contributed by atoms with Crippen LogP contribution in [0.5, 0.6) is 5.75 Å². The molecule has 0 saturated carbocycles. The normalized spacial score (nSPS) is 11.8. The molecular weight excluding hydrogens is 269 g/mol. The Morgan fingerprint density at radius 1 is 1.24 bits per heavy atom. The van der Waals surface area contributed by atoms with Crippen LogP contribution in [0.3, 0.4) is 0 Å². The van der Waals surface area contributed by atoms with Crippen LogP contribution in [0.25, 0.3) is 0 Å². The van der Waals surface area contributed by atoms with E-state index >= 15 is 0 Å². The van der Waals surface area contributed by atoms with Crippen LogP contribution in [-0.4, -0.2) is 12.0 Å². The van der Waals surface area contributed by atoms with Gasteiger partial charge in [0, 0.05) is 12.6 Å². The van der Waals surface area contributed by atoms with Crippen LogP contribution in [0, 0.1) is 12.7 Å². The number of aryl methyl sites for hydroxylation is 1. The fourth-order valence-corrected chi connectivity index (χ4v) is 1.95. The van der Waals surface area contributed by atoms with Gasteiger partial charge in [0.1, 0.15) is 11.6 Å². The number of ether oxygens (including phenoxy) is 1. The van der Waals surface area contributed by atoms with E-state index in [1.807, 2.05) is 31.2 Å². The maximum Gasteiger partial charge on any atom is 0.261 e. The van der Waals surface area contributed by atoms with Gasteiger partial charge in [-0.05, 0) is 31.5 Å². The molecule has 0 saturated heterocycles. The zero-order valence-electron chi connectivity index (χ0n) is 12.1. The molecule has 0 fully saturated rings. The minimum atomic E-state index is -0.684. The summed E-state index contributed by atoms with van der Waals surface area (Å²) in [4.78, 5) is 12.0. The molecule has 4 heteroatoms. The molecule has 1 unspecified atom stereocenters. The highest BCUT2D eigenvalue weighted by Gasteiger charge is 2.14. The van der Waals surface area contributed by atoms with Gasteiger partial charge in [-0.3, -0.25) is 4.79 Å². The predicted molar refractivity (Wildman–Crippen MR) is 79.5 cm³/mol. The fourth-order valence-electron chi connectivity index (χ4n) is 1.95. The number of carbonyl (C=O) groups excluding carboxylic acids is 1. The molecule has 0 aliphatic heterocycles. The van der Waals surface area contributed by atoms with Gasteiger partial charge in [-0.25, -0.2) is 4.39 Å². The van der Waals surface area contributed by atoms with Crippen molar-refractivity contribution < 1.29 is 13.9 Å². The summed E-state index contributed by atoms with van der Waals surface area (Å²) < 4.78 is 18.5. The lowest BCUT2D eigenvalue weighted by Gasteiger charge is -2.15. The number of nitrogens with one attached hydrogen (secondary N) is 1. The molecule has 1 N–H and O–H groups in total. The highest BCUT2D eigenvalue weighted by molar-refractivity contribution is 5.80. The number of carbonyl (C=O) groups is 1. The van der Waals surface area contributed by atoms with E-state index in [0.29, 0.717) is 12.3 Å². The van der Waals surface area contributed by atoms with E-state index in [2.05, 4.69) is 5.32 Å². The maximum absolute atomic E-state index is 13.0. The Morgan fingerprint density at radius 3 is 2.71 bits per heavy atom.